The maximum atomic E-state index is 5.74. The van der Waals surface area contributed by atoms with Gasteiger partial charge in [0.05, 0.1) is 21.3 Å². The number of nitrogens with two attached hydrogens (primary N) is 1. The smallest absolute Gasteiger partial charge is 0.140 e. The van der Waals surface area contributed by atoms with Gasteiger partial charge < -0.3 is 11.1 Å². The van der Waals surface area contributed by atoms with Crippen LogP contribution in [0.15, 0.2) is 35.8 Å². The minimum Gasteiger partial charge on any atom is -0.389 e. The highest BCUT2D eigenvalue weighted by atomic mass is 32.1. The quantitative estimate of drug-likeness (QED) is 0.726. The predicted molar refractivity (Wildman–Crippen MR) is 87.8 cm³/mol. The van der Waals surface area contributed by atoms with E-state index in [1.54, 1.807) is 11.3 Å². The average Bonchev–Trinajstić information content (AvgIpc) is 2.85. The molecule has 1 aromatic carbocycles. The molecule has 0 aliphatic heterocycles. The topological polar surface area (TPSA) is 63.8 Å². The van der Waals surface area contributed by atoms with Gasteiger partial charge in [0.25, 0.3) is 0 Å². The van der Waals surface area contributed by atoms with Crippen molar-refractivity contribution in [1.82, 2.24) is 9.97 Å². The van der Waals surface area contributed by atoms with E-state index in [2.05, 4.69) is 15.3 Å². The Morgan fingerprint density at radius 3 is 2.95 bits per heavy atom. The van der Waals surface area contributed by atoms with Gasteiger partial charge in [0.1, 0.15) is 10.8 Å². The third-order valence-corrected chi connectivity index (χ3v) is 3.91. The van der Waals surface area contributed by atoms with Crippen molar-refractivity contribution in [1.29, 1.82) is 0 Å². The van der Waals surface area contributed by atoms with Gasteiger partial charge in [-0.05, 0) is 37.3 Å². The van der Waals surface area contributed by atoms with Gasteiger partial charge in [-0.25, -0.2) is 9.97 Å². The van der Waals surface area contributed by atoms with Crippen LogP contribution in [0.1, 0.15) is 11.3 Å². The Labute approximate surface area is 125 Å². The molecule has 100 valence electrons. The second-order valence-corrected chi connectivity index (χ2v) is 5.70. The van der Waals surface area contributed by atoms with Crippen LogP contribution in [0.2, 0.25) is 0 Å². The van der Waals surface area contributed by atoms with Crippen LogP contribution in [-0.4, -0.2) is 15.0 Å². The van der Waals surface area contributed by atoms with Gasteiger partial charge in [0.2, 0.25) is 0 Å². The highest BCUT2D eigenvalue weighted by Gasteiger charge is 2.08. The first-order valence-corrected chi connectivity index (χ1v) is 7.30. The maximum Gasteiger partial charge on any atom is 0.140 e. The standard InChI is InChI=1S/C14H12N4S2/c1-8-2-4-10(13(15)19)14(17-8)18-9-3-5-11-12(6-9)20-7-16-11/h2-7H,1H3,(H2,15,19)(H,17,18). The molecule has 0 atom stereocenters. The van der Waals surface area contributed by atoms with Gasteiger partial charge in [-0.1, -0.05) is 12.2 Å². The molecule has 0 aliphatic carbocycles. The van der Waals surface area contributed by atoms with Crippen molar-refractivity contribution in [2.45, 2.75) is 6.92 Å². The van der Waals surface area contributed by atoms with Gasteiger partial charge in [-0.2, -0.15) is 0 Å². The summed E-state index contributed by atoms with van der Waals surface area (Å²) in [5.74, 6) is 0.682. The van der Waals surface area contributed by atoms with Crippen LogP contribution < -0.4 is 11.1 Å². The molecule has 2 heterocycles. The summed E-state index contributed by atoms with van der Waals surface area (Å²) in [5.41, 5.74) is 11.2. The highest BCUT2D eigenvalue weighted by Crippen LogP contribution is 2.25. The van der Waals surface area contributed by atoms with Crippen LogP contribution >= 0.6 is 23.6 Å². The van der Waals surface area contributed by atoms with E-state index in [1.807, 2.05) is 42.8 Å². The first-order chi connectivity index (χ1) is 9.63. The molecule has 0 amide bonds. The number of hydrogen-bond donors (Lipinski definition) is 2. The van der Waals surface area contributed by atoms with Crippen LogP contribution in [0.5, 0.6) is 0 Å². The number of aromatic nitrogens is 2. The van der Waals surface area contributed by atoms with Crippen molar-refractivity contribution >= 4 is 50.3 Å². The molecule has 0 spiro atoms. The molecule has 4 nitrogen and oxygen atoms in total. The van der Waals surface area contributed by atoms with Crippen LogP contribution in [-0.2, 0) is 0 Å². The fourth-order valence-corrected chi connectivity index (χ4v) is 2.80. The van der Waals surface area contributed by atoms with Crippen molar-refractivity contribution in [2.24, 2.45) is 5.73 Å². The Hall–Kier alpha value is -2.05. The van der Waals surface area contributed by atoms with Gasteiger partial charge in [-0.3, -0.25) is 0 Å². The third kappa shape index (κ3) is 2.48. The molecule has 3 rings (SSSR count). The second kappa shape index (κ2) is 5.15. The van der Waals surface area contributed by atoms with E-state index >= 15 is 0 Å². The number of benzene rings is 1. The molecule has 0 fully saturated rings. The summed E-state index contributed by atoms with van der Waals surface area (Å²) in [4.78, 5) is 9.06. The Balaban J connectivity index is 2.01. The lowest BCUT2D eigenvalue weighted by Crippen LogP contribution is -2.13. The number of fused-ring (bicyclic) bond motifs is 1. The summed E-state index contributed by atoms with van der Waals surface area (Å²) in [7, 11) is 0. The third-order valence-electron chi connectivity index (χ3n) is 2.89. The Kier molecular flexibility index (Phi) is 3.33. The van der Waals surface area contributed by atoms with E-state index in [-0.39, 0.29) is 0 Å². The van der Waals surface area contributed by atoms with Gasteiger partial charge in [0, 0.05) is 11.4 Å². The molecule has 0 saturated carbocycles. The minimum atomic E-state index is 0.332. The number of anilines is 2. The van der Waals surface area contributed by atoms with Gasteiger partial charge in [0.15, 0.2) is 0 Å². The molecular formula is C14H12N4S2. The number of pyridine rings is 1. The van der Waals surface area contributed by atoms with E-state index < -0.39 is 0 Å². The number of rotatable bonds is 3. The van der Waals surface area contributed by atoms with Gasteiger partial charge in [-0.15, -0.1) is 11.3 Å². The normalized spacial score (nSPS) is 10.7. The Morgan fingerprint density at radius 2 is 2.15 bits per heavy atom. The zero-order chi connectivity index (χ0) is 14.1. The molecule has 3 aromatic rings. The Morgan fingerprint density at radius 1 is 1.30 bits per heavy atom. The summed E-state index contributed by atoms with van der Waals surface area (Å²) in [5, 5.41) is 3.28. The number of aryl methyl sites for hydroxylation is 1. The van der Waals surface area contributed by atoms with Crippen molar-refractivity contribution in [2.75, 3.05) is 5.32 Å². The number of thiocarbonyl (C=S) groups is 1. The van der Waals surface area contributed by atoms with Gasteiger partial charge >= 0.3 is 0 Å². The van der Waals surface area contributed by atoms with Crippen LogP contribution in [0.4, 0.5) is 11.5 Å². The fourth-order valence-electron chi connectivity index (χ4n) is 1.92. The van der Waals surface area contributed by atoms with E-state index in [4.69, 9.17) is 18.0 Å². The average molecular weight is 300 g/mol. The summed E-state index contributed by atoms with van der Waals surface area (Å²) in [6.45, 7) is 1.93. The fraction of sp³-hybridized carbons (Fsp3) is 0.0714. The molecule has 0 bridgehead atoms. The van der Waals surface area contributed by atoms with E-state index in [0.29, 0.717) is 10.8 Å². The van der Waals surface area contributed by atoms with E-state index in [0.717, 1.165) is 27.2 Å². The molecule has 0 saturated heterocycles. The maximum absolute atomic E-state index is 5.74. The first-order valence-electron chi connectivity index (χ1n) is 6.01. The van der Waals surface area contributed by atoms with Crippen molar-refractivity contribution < 1.29 is 0 Å². The summed E-state index contributed by atoms with van der Waals surface area (Å²) in [6.07, 6.45) is 0. The van der Waals surface area contributed by atoms with Crippen LogP contribution in [0.3, 0.4) is 0 Å². The number of nitrogens with one attached hydrogen (secondary N) is 1. The molecular weight excluding hydrogens is 288 g/mol. The monoisotopic (exact) mass is 300 g/mol. The van der Waals surface area contributed by atoms with E-state index in [1.165, 1.54) is 0 Å². The zero-order valence-corrected chi connectivity index (χ0v) is 12.4. The molecule has 0 aliphatic rings. The number of thiazole rings is 1. The number of hydrogen-bond acceptors (Lipinski definition) is 5. The lowest BCUT2D eigenvalue weighted by Gasteiger charge is -2.11. The van der Waals surface area contributed by atoms with Crippen LogP contribution in [0, 0.1) is 6.92 Å². The summed E-state index contributed by atoms with van der Waals surface area (Å²) in [6, 6.07) is 9.77. The molecule has 20 heavy (non-hydrogen) atoms. The van der Waals surface area contributed by atoms with Crippen LogP contribution in [0.25, 0.3) is 10.2 Å². The first kappa shape index (κ1) is 13.0. The summed E-state index contributed by atoms with van der Waals surface area (Å²) < 4.78 is 1.12. The molecule has 6 heteroatoms. The van der Waals surface area contributed by atoms with Crippen molar-refractivity contribution in [3.8, 4) is 0 Å². The second-order valence-electron chi connectivity index (χ2n) is 4.37. The minimum absolute atomic E-state index is 0.332. The Bertz CT molecular complexity index is 795. The lowest BCUT2D eigenvalue weighted by molar-refractivity contribution is 1.19. The summed E-state index contributed by atoms with van der Waals surface area (Å²) >= 11 is 6.67. The predicted octanol–water partition coefficient (Wildman–Crippen LogP) is 3.38. The lowest BCUT2D eigenvalue weighted by atomic mass is 10.2. The molecule has 3 N–H and O–H groups in total. The van der Waals surface area contributed by atoms with E-state index in [9.17, 15) is 0 Å². The highest BCUT2D eigenvalue weighted by molar-refractivity contribution is 7.80. The SMILES string of the molecule is Cc1ccc(C(N)=S)c(Nc2ccc3ncsc3c2)n1. The largest absolute Gasteiger partial charge is 0.389 e. The number of nitrogens with zero attached hydrogens (tertiary/aromatic N) is 2. The molecule has 0 radical (unpaired) electrons. The molecule has 2 aromatic heterocycles. The zero-order valence-electron chi connectivity index (χ0n) is 10.8. The van der Waals surface area contributed by atoms with Crippen molar-refractivity contribution in [3.63, 3.8) is 0 Å². The van der Waals surface area contributed by atoms with Crippen molar-refractivity contribution in [3.05, 3.63) is 47.1 Å². The molecule has 0 unspecified atom stereocenters.